The average molecular weight is 449 g/mol. The average Bonchev–Trinajstić information content (AvgIpc) is 3.24. The Labute approximate surface area is 194 Å². The van der Waals surface area contributed by atoms with Gasteiger partial charge in [-0.25, -0.2) is 4.98 Å². The number of amides is 1. The molecule has 6 heteroatoms. The molecule has 168 valence electrons. The number of aromatic nitrogens is 2. The third-order valence-electron chi connectivity index (χ3n) is 6.01. The first-order valence-electron chi connectivity index (χ1n) is 11.3. The van der Waals surface area contributed by atoms with Gasteiger partial charge in [0.05, 0.1) is 10.7 Å². The summed E-state index contributed by atoms with van der Waals surface area (Å²) < 4.78 is 0. The van der Waals surface area contributed by atoms with Crippen molar-refractivity contribution >= 4 is 22.9 Å². The second-order valence-electron chi connectivity index (χ2n) is 9.64. The first-order chi connectivity index (χ1) is 15.3. The minimum atomic E-state index is -0.132. The van der Waals surface area contributed by atoms with Crippen LogP contribution in [0.15, 0.2) is 47.8 Å². The number of hydrogen-bond donors (Lipinski definition) is 1. The van der Waals surface area contributed by atoms with Crippen molar-refractivity contribution in [3.8, 4) is 0 Å². The van der Waals surface area contributed by atoms with Crippen LogP contribution in [0.4, 0.5) is 5.69 Å². The predicted octanol–water partition coefficient (Wildman–Crippen LogP) is 5.78. The maximum Gasteiger partial charge on any atom is 0.275 e. The molecule has 5 nitrogen and oxygen atoms in total. The van der Waals surface area contributed by atoms with Gasteiger partial charge in [-0.05, 0) is 62.0 Å². The normalized spacial score (nSPS) is 15.6. The van der Waals surface area contributed by atoms with E-state index in [1.54, 1.807) is 11.3 Å². The van der Waals surface area contributed by atoms with Crippen LogP contribution in [-0.2, 0) is 12.0 Å². The van der Waals surface area contributed by atoms with Crippen molar-refractivity contribution in [2.45, 2.75) is 58.4 Å². The highest BCUT2D eigenvalue weighted by Gasteiger charge is 2.25. The van der Waals surface area contributed by atoms with Crippen LogP contribution in [0.1, 0.15) is 72.0 Å². The van der Waals surface area contributed by atoms with Gasteiger partial charge in [0.25, 0.3) is 5.91 Å². The Morgan fingerprint density at radius 2 is 1.84 bits per heavy atom. The highest BCUT2D eigenvalue weighted by atomic mass is 32.1. The van der Waals surface area contributed by atoms with E-state index < -0.39 is 0 Å². The van der Waals surface area contributed by atoms with Crippen molar-refractivity contribution in [2.75, 3.05) is 18.4 Å². The van der Waals surface area contributed by atoms with E-state index in [-0.39, 0.29) is 11.3 Å². The van der Waals surface area contributed by atoms with Crippen LogP contribution in [0.25, 0.3) is 0 Å². The number of carbonyl (C=O) groups excluding carboxylic acids is 1. The molecule has 3 aromatic rings. The summed E-state index contributed by atoms with van der Waals surface area (Å²) in [5.74, 6) is 0.289. The van der Waals surface area contributed by atoms with Crippen molar-refractivity contribution in [2.24, 2.45) is 0 Å². The third-order valence-corrected chi connectivity index (χ3v) is 7.01. The molecule has 1 amide bonds. The zero-order valence-corrected chi connectivity index (χ0v) is 20.2. The topological polar surface area (TPSA) is 58.1 Å². The number of nitrogens with one attached hydrogen (secondary N) is 1. The lowest BCUT2D eigenvalue weighted by molar-refractivity contribution is 0.102. The van der Waals surface area contributed by atoms with Gasteiger partial charge in [-0.3, -0.25) is 14.7 Å². The highest BCUT2D eigenvalue weighted by Crippen LogP contribution is 2.32. The molecule has 1 aliphatic rings. The Morgan fingerprint density at radius 1 is 1.09 bits per heavy atom. The Hall–Kier alpha value is -2.57. The van der Waals surface area contributed by atoms with Gasteiger partial charge in [-0.15, -0.1) is 11.3 Å². The second kappa shape index (κ2) is 9.51. The molecule has 2 aromatic heterocycles. The molecule has 1 N–H and O–H groups in total. The summed E-state index contributed by atoms with van der Waals surface area (Å²) in [7, 11) is 0. The summed E-state index contributed by atoms with van der Waals surface area (Å²) in [6.45, 7) is 11.4. The molecule has 1 fully saturated rings. The molecule has 32 heavy (non-hydrogen) atoms. The van der Waals surface area contributed by atoms with Crippen LogP contribution in [-0.4, -0.2) is 33.9 Å². The molecule has 0 radical (unpaired) electrons. The van der Waals surface area contributed by atoms with Gasteiger partial charge in [0.15, 0.2) is 0 Å². The molecule has 0 bridgehead atoms. The molecule has 0 spiro atoms. The molecule has 1 aromatic carbocycles. The zero-order valence-electron chi connectivity index (χ0n) is 19.4. The number of rotatable bonds is 5. The predicted molar refractivity (Wildman–Crippen MR) is 131 cm³/mol. The minimum Gasteiger partial charge on any atom is -0.320 e. The van der Waals surface area contributed by atoms with E-state index in [2.05, 4.69) is 54.2 Å². The SMILES string of the molecule is Cc1cccc(CN2CCC(c3nc(C(=O)Nc4ccccc4C(C)(C)C)cs3)CC2)n1. The van der Waals surface area contributed by atoms with Gasteiger partial charge >= 0.3 is 0 Å². The number of carbonyl (C=O) groups is 1. The number of anilines is 1. The molecule has 1 aliphatic heterocycles. The summed E-state index contributed by atoms with van der Waals surface area (Å²) in [6, 6.07) is 14.2. The number of para-hydroxylation sites is 1. The quantitative estimate of drug-likeness (QED) is 0.538. The lowest BCUT2D eigenvalue weighted by Gasteiger charge is -2.30. The number of likely N-dealkylation sites (tertiary alicyclic amines) is 1. The fourth-order valence-electron chi connectivity index (χ4n) is 4.27. The van der Waals surface area contributed by atoms with Crippen molar-refractivity contribution in [3.63, 3.8) is 0 Å². The zero-order chi connectivity index (χ0) is 22.7. The third kappa shape index (κ3) is 5.43. The number of hydrogen-bond acceptors (Lipinski definition) is 5. The van der Waals surface area contributed by atoms with Gasteiger partial charge in [-0.2, -0.15) is 0 Å². The van der Waals surface area contributed by atoms with E-state index in [9.17, 15) is 4.79 Å². The fraction of sp³-hybridized carbons (Fsp3) is 0.423. The Kier molecular flexibility index (Phi) is 6.72. The van der Waals surface area contributed by atoms with Crippen LogP contribution < -0.4 is 5.32 Å². The Balaban J connectivity index is 1.36. The summed E-state index contributed by atoms with van der Waals surface area (Å²) in [4.78, 5) is 24.7. The van der Waals surface area contributed by atoms with Crippen molar-refractivity contribution in [3.05, 3.63) is 75.5 Å². The second-order valence-corrected chi connectivity index (χ2v) is 10.5. The molecular weight excluding hydrogens is 416 g/mol. The first-order valence-corrected chi connectivity index (χ1v) is 12.2. The molecule has 1 saturated heterocycles. The lowest BCUT2D eigenvalue weighted by atomic mass is 9.86. The monoisotopic (exact) mass is 448 g/mol. The van der Waals surface area contributed by atoms with Crippen molar-refractivity contribution in [1.82, 2.24) is 14.9 Å². The number of nitrogens with zero attached hydrogens (tertiary/aromatic N) is 3. The number of aryl methyl sites for hydroxylation is 1. The maximum absolute atomic E-state index is 12.9. The summed E-state index contributed by atoms with van der Waals surface area (Å²) in [5.41, 5.74) is 4.65. The Morgan fingerprint density at radius 3 is 2.56 bits per heavy atom. The molecule has 0 saturated carbocycles. The van der Waals surface area contributed by atoms with E-state index in [1.165, 1.54) is 0 Å². The van der Waals surface area contributed by atoms with E-state index in [4.69, 9.17) is 4.98 Å². The standard InChI is InChI=1S/C26H32N4OS/c1-18-8-7-9-20(27-18)16-30-14-12-19(13-15-30)25-29-23(17-32-25)24(31)28-22-11-6-5-10-21(22)26(2,3)4/h5-11,17,19H,12-16H2,1-4H3,(H,28,31). The lowest BCUT2D eigenvalue weighted by Crippen LogP contribution is -2.32. The van der Waals surface area contributed by atoms with Gasteiger partial charge < -0.3 is 5.32 Å². The maximum atomic E-state index is 12.9. The number of piperidine rings is 1. The molecule has 0 aliphatic carbocycles. The first kappa shape index (κ1) is 22.6. The summed E-state index contributed by atoms with van der Waals surface area (Å²) in [5, 5.41) is 6.05. The largest absolute Gasteiger partial charge is 0.320 e. The van der Waals surface area contributed by atoms with Crippen LogP contribution in [0.2, 0.25) is 0 Å². The Bertz CT molecular complexity index is 1080. The molecule has 0 unspecified atom stereocenters. The number of benzene rings is 1. The van der Waals surface area contributed by atoms with E-state index in [0.29, 0.717) is 11.6 Å². The molecule has 0 atom stereocenters. The minimum absolute atomic E-state index is 0.0426. The van der Waals surface area contributed by atoms with Crippen LogP contribution in [0.3, 0.4) is 0 Å². The summed E-state index contributed by atoms with van der Waals surface area (Å²) >= 11 is 1.61. The van der Waals surface area contributed by atoms with Crippen molar-refractivity contribution in [1.29, 1.82) is 0 Å². The summed E-state index contributed by atoms with van der Waals surface area (Å²) in [6.07, 6.45) is 2.13. The highest BCUT2D eigenvalue weighted by molar-refractivity contribution is 7.10. The van der Waals surface area contributed by atoms with Crippen LogP contribution in [0.5, 0.6) is 0 Å². The van der Waals surface area contributed by atoms with Crippen LogP contribution in [0, 0.1) is 6.92 Å². The van der Waals surface area contributed by atoms with E-state index in [1.807, 2.05) is 36.6 Å². The van der Waals surface area contributed by atoms with E-state index in [0.717, 1.165) is 60.1 Å². The van der Waals surface area contributed by atoms with Gasteiger partial charge in [0.2, 0.25) is 0 Å². The molecule has 3 heterocycles. The van der Waals surface area contributed by atoms with Gasteiger partial charge in [0.1, 0.15) is 5.69 Å². The van der Waals surface area contributed by atoms with E-state index >= 15 is 0 Å². The number of thiazole rings is 1. The molecular formula is C26H32N4OS. The smallest absolute Gasteiger partial charge is 0.275 e. The molecule has 4 rings (SSSR count). The number of pyridine rings is 1. The van der Waals surface area contributed by atoms with Gasteiger partial charge in [0, 0.05) is 29.2 Å². The van der Waals surface area contributed by atoms with Crippen LogP contribution >= 0.6 is 11.3 Å². The van der Waals surface area contributed by atoms with Gasteiger partial charge in [-0.1, -0.05) is 45.0 Å². The van der Waals surface area contributed by atoms with Crippen molar-refractivity contribution < 1.29 is 4.79 Å². The fourth-order valence-corrected chi connectivity index (χ4v) is 5.24.